The van der Waals surface area contributed by atoms with E-state index >= 15 is 0 Å². The molecule has 94 valence electrons. The Labute approximate surface area is 106 Å². The predicted octanol–water partition coefficient (Wildman–Crippen LogP) is 1.15. The van der Waals surface area contributed by atoms with Gasteiger partial charge in [0.05, 0.1) is 15.6 Å². The van der Waals surface area contributed by atoms with Crippen LogP contribution < -0.4 is 10.2 Å². The molecule has 0 radical (unpaired) electrons. The molecule has 1 heterocycles. The highest BCUT2D eigenvalue weighted by Gasteiger charge is 2.15. The normalized spacial score (nSPS) is 17.2. The molecule has 1 N–H and O–H groups in total. The van der Waals surface area contributed by atoms with Crippen molar-refractivity contribution < 1.29 is 8.42 Å². The van der Waals surface area contributed by atoms with E-state index in [0.29, 0.717) is 5.02 Å². The summed E-state index contributed by atoms with van der Waals surface area (Å²) in [5.74, 6) is 0. The lowest BCUT2D eigenvalue weighted by molar-refractivity contribution is 0.589. The number of nitrogens with zero attached hydrogens (tertiary/aromatic N) is 1. The largest absolute Gasteiger partial charge is 0.368 e. The average Bonchev–Trinajstić information content (AvgIpc) is 2.29. The molecule has 17 heavy (non-hydrogen) atoms. The SMILES string of the molecule is CS(=O)(=O)c1ccc(N2CCNCC2)c(Cl)c1. The van der Waals surface area contributed by atoms with Gasteiger partial charge in [-0.3, -0.25) is 0 Å². The Bertz CT molecular complexity index is 510. The lowest BCUT2D eigenvalue weighted by Gasteiger charge is -2.30. The summed E-state index contributed by atoms with van der Waals surface area (Å²) < 4.78 is 22.8. The molecule has 1 aromatic rings. The van der Waals surface area contributed by atoms with Crippen molar-refractivity contribution in [3.8, 4) is 0 Å². The molecule has 0 bridgehead atoms. The van der Waals surface area contributed by atoms with Crippen LogP contribution in [0.15, 0.2) is 23.1 Å². The van der Waals surface area contributed by atoms with Gasteiger partial charge in [0.25, 0.3) is 0 Å². The molecule has 0 amide bonds. The molecule has 1 fully saturated rings. The summed E-state index contributed by atoms with van der Waals surface area (Å²) in [6.07, 6.45) is 1.18. The van der Waals surface area contributed by atoms with E-state index in [9.17, 15) is 8.42 Å². The van der Waals surface area contributed by atoms with Gasteiger partial charge in [-0.25, -0.2) is 8.42 Å². The first kappa shape index (κ1) is 12.7. The first-order valence-electron chi connectivity index (χ1n) is 5.44. The van der Waals surface area contributed by atoms with Crippen molar-refractivity contribution in [3.63, 3.8) is 0 Å². The highest BCUT2D eigenvalue weighted by atomic mass is 35.5. The molecule has 1 saturated heterocycles. The Morgan fingerprint density at radius 1 is 1.29 bits per heavy atom. The predicted molar refractivity (Wildman–Crippen MR) is 69.6 cm³/mol. The zero-order chi connectivity index (χ0) is 12.5. The minimum Gasteiger partial charge on any atom is -0.368 e. The fourth-order valence-corrected chi connectivity index (χ4v) is 2.89. The van der Waals surface area contributed by atoms with Crippen LogP contribution in [-0.2, 0) is 9.84 Å². The van der Waals surface area contributed by atoms with E-state index in [-0.39, 0.29) is 4.90 Å². The quantitative estimate of drug-likeness (QED) is 0.879. The third-order valence-electron chi connectivity index (χ3n) is 2.80. The summed E-state index contributed by atoms with van der Waals surface area (Å²) in [4.78, 5) is 2.42. The third kappa shape index (κ3) is 2.91. The molecule has 1 aliphatic rings. The second-order valence-corrected chi connectivity index (χ2v) is 6.55. The Morgan fingerprint density at radius 2 is 1.94 bits per heavy atom. The molecule has 0 unspecified atom stereocenters. The molecule has 0 atom stereocenters. The first-order chi connectivity index (χ1) is 7.98. The van der Waals surface area contributed by atoms with E-state index in [1.165, 1.54) is 12.3 Å². The van der Waals surface area contributed by atoms with Crippen molar-refractivity contribution in [1.29, 1.82) is 0 Å². The lowest BCUT2D eigenvalue weighted by atomic mass is 10.2. The van der Waals surface area contributed by atoms with Crippen LogP contribution in [0.25, 0.3) is 0 Å². The smallest absolute Gasteiger partial charge is 0.175 e. The van der Waals surface area contributed by atoms with E-state index in [4.69, 9.17) is 11.6 Å². The van der Waals surface area contributed by atoms with Crippen molar-refractivity contribution in [2.45, 2.75) is 4.90 Å². The molecule has 4 nitrogen and oxygen atoms in total. The van der Waals surface area contributed by atoms with Crippen molar-refractivity contribution in [1.82, 2.24) is 5.32 Å². The minimum atomic E-state index is -3.19. The molecule has 1 aromatic carbocycles. The molecular formula is C11H15ClN2O2S. The average molecular weight is 275 g/mol. The molecule has 1 aliphatic heterocycles. The number of halogens is 1. The molecule has 0 aromatic heterocycles. The van der Waals surface area contributed by atoms with E-state index in [2.05, 4.69) is 10.2 Å². The van der Waals surface area contributed by atoms with Gasteiger partial charge in [0.1, 0.15) is 0 Å². The van der Waals surface area contributed by atoms with Gasteiger partial charge in [0, 0.05) is 32.4 Å². The molecule has 0 aliphatic carbocycles. The summed E-state index contributed by atoms with van der Waals surface area (Å²) in [7, 11) is -3.19. The Hall–Kier alpha value is -0.780. The van der Waals surface area contributed by atoms with Crippen LogP contribution >= 0.6 is 11.6 Å². The standard InChI is InChI=1S/C11H15ClN2O2S/c1-17(15,16)9-2-3-11(10(12)8-9)14-6-4-13-5-7-14/h2-3,8,13H,4-7H2,1H3. The van der Waals surface area contributed by atoms with Gasteiger partial charge in [-0.1, -0.05) is 11.6 Å². The monoisotopic (exact) mass is 274 g/mol. The van der Waals surface area contributed by atoms with Crippen LogP contribution in [0, 0.1) is 0 Å². The Morgan fingerprint density at radius 3 is 2.47 bits per heavy atom. The number of sulfone groups is 1. The second kappa shape index (κ2) is 4.84. The maximum atomic E-state index is 11.4. The fraction of sp³-hybridized carbons (Fsp3) is 0.455. The van der Waals surface area contributed by atoms with Gasteiger partial charge in [-0.15, -0.1) is 0 Å². The summed E-state index contributed by atoms with van der Waals surface area (Å²) >= 11 is 6.14. The van der Waals surface area contributed by atoms with Gasteiger partial charge in [0.2, 0.25) is 0 Å². The van der Waals surface area contributed by atoms with Crippen molar-refractivity contribution in [2.75, 3.05) is 37.3 Å². The van der Waals surface area contributed by atoms with Crippen LogP contribution in [0.5, 0.6) is 0 Å². The van der Waals surface area contributed by atoms with Crippen LogP contribution in [0.3, 0.4) is 0 Å². The summed E-state index contributed by atoms with van der Waals surface area (Å²) in [6, 6.07) is 4.91. The summed E-state index contributed by atoms with van der Waals surface area (Å²) in [6.45, 7) is 3.62. The van der Waals surface area contributed by atoms with Crippen LogP contribution in [0.1, 0.15) is 0 Å². The maximum Gasteiger partial charge on any atom is 0.175 e. The molecule has 0 spiro atoms. The third-order valence-corrected chi connectivity index (χ3v) is 4.22. The number of hydrogen-bond donors (Lipinski definition) is 1. The number of nitrogens with one attached hydrogen (secondary N) is 1. The molecule has 0 saturated carbocycles. The van der Waals surface area contributed by atoms with Crippen LogP contribution in [0.4, 0.5) is 5.69 Å². The number of anilines is 1. The highest BCUT2D eigenvalue weighted by Crippen LogP contribution is 2.28. The van der Waals surface area contributed by atoms with Gasteiger partial charge in [-0.05, 0) is 18.2 Å². The topological polar surface area (TPSA) is 49.4 Å². The van der Waals surface area contributed by atoms with Crippen molar-refractivity contribution in [2.24, 2.45) is 0 Å². The fourth-order valence-electron chi connectivity index (χ4n) is 1.88. The number of rotatable bonds is 2. The van der Waals surface area contributed by atoms with E-state index < -0.39 is 9.84 Å². The summed E-state index contributed by atoms with van der Waals surface area (Å²) in [5.41, 5.74) is 0.903. The Kier molecular flexibility index (Phi) is 3.61. The number of hydrogen-bond acceptors (Lipinski definition) is 4. The first-order valence-corrected chi connectivity index (χ1v) is 7.71. The van der Waals surface area contributed by atoms with Crippen molar-refractivity contribution in [3.05, 3.63) is 23.2 Å². The zero-order valence-corrected chi connectivity index (χ0v) is 11.2. The molecule has 6 heteroatoms. The van der Waals surface area contributed by atoms with Crippen LogP contribution in [-0.4, -0.2) is 40.9 Å². The molecule has 2 rings (SSSR count). The van der Waals surface area contributed by atoms with E-state index in [0.717, 1.165) is 31.9 Å². The van der Waals surface area contributed by atoms with Crippen LogP contribution in [0.2, 0.25) is 5.02 Å². The van der Waals surface area contributed by atoms with Gasteiger partial charge in [-0.2, -0.15) is 0 Å². The Balaban J connectivity index is 2.31. The minimum absolute atomic E-state index is 0.265. The van der Waals surface area contributed by atoms with E-state index in [1.807, 2.05) is 0 Å². The lowest BCUT2D eigenvalue weighted by Crippen LogP contribution is -2.43. The van der Waals surface area contributed by atoms with E-state index in [1.54, 1.807) is 12.1 Å². The maximum absolute atomic E-state index is 11.4. The van der Waals surface area contributed by atoms with Crippen molar-refractivity contribution >= 4 is 27.1 Å². The van der Waals surface area contributed by atoms with Gasteiger partial charge >= 0.3 is 0 Å². The molecular weight excluding hydrogens is 260 g/mol. The van der Waals surface area contributed by atoms with Gasteiger partial charge in [0.15, 0.2) is 9.84 Å². The van der Waals surface area contributed by atoms with Gasteiger partial charge < -0.3 is 10.2 Å². The highest BCUT2D eigenvalue weighted by molar-refractivity contribution is 7.90. The number of benzene rings is 1. The summed E-state index contributed by atoms with van der Waals surface area (Å²) in [5, 5.41) is 3.75. The second-order valence-electron chi connectivity index (χ2n) is 4.12. The zero-order valence-electron chi connectivity index (χ0n) is 9.61. The number of piperazine rings is 1.